The van der Waals surface area contributed by atoms with E-state index in [1.54, 1.807) is 31.0 Å². The Kier molecular flexibility index (Phi) is 4.23. The molecule has 0 unspecified atom stereocenters. The lowest BCUT2D eigenvalue weighted by Gasteiger charge is -2.03. The zero-order valence-electron chi connectivity index (χ0n) is 13.6. The molecule has 3 aromatic rings. The predicted octanol–water partition coefficient (Wildman–Crippen LogP) is 1.03. The molecule has 0 atom stereocenters. The predicted molar refractivity (Wildman–Crippen MR) is 86.4 cm³/mol. The van der Waals surface area contributed by atoms with Crippen molar-refractivity contribution < 1.29 is 9.53 Å². The van der Waals surface area contributed by atoms with Crippen molar-refractivity contribution in [2.75, 3.05) is 12.4 Å². The van der Waals surface area contributed by atoms with Crippen molar-refractivity contribution in [2.24, 2.45) is 7.05 Å². The Bertz CT molecular complexity index is 868. The Hall–Kier alpha value is -3.23. The summed E-state index contributed by atoms with van der Waals surface area (Å²) in [7, 11) is 3.35. The Morgan fingerprint density at radius 2 is 2.12 bits per heavy atom. The highest BCUT2D eigenvalue weighted by molar-refractivity contribution is 5.89. The summed E-state index contributed by atoms with van der Waals surface area (Å²) in [6.45, 7) is 1.82. The Morgan fingerprint density at radius 1 is 1.29 bits per heavy atom. The average molecular weight is 327 g/mol. The van der Waals surface area contributed by atoms with E-state index in [-0.39, 0.29) is 12.5 Å². The second-order valence-electron chi connectivity index (χ2n) is 5.22. The first kappa shape index (κ1) is 15.7. The van der Waals surface area contributed by atoms with E-state index < -0.39 is 0 Å². The number of benzene rings is 1. The van der Waals surface area contributed by atoms with Gasteiger partial charge in [0, 0.05) is 18.7 Å². The summed E-state index contributed by atoms with van der Waals surface area (Å²) in [5.74, 6) is 1.49. The van der Waals surface area contributed by atoms with Crippen LogP contribution < -0.4 is 10.1 Å². The summed E-state index contributed by atoms with van der Waals surface area (Å²) in [5, 5.41) is 19.0. The summed E-state index contributed by atoms with van der Waals surface area (Å²) >= 11 is 0. The van der Waals surface area contributed by atoms with E-state index in [4.69, 9.17) is 4.74 Å². The van der Waals surface area contributed by atoms with Gasteiger partial charge in [0.1, 0.15) is 18.1 Å². The maximum Gasteiger partial charge on any atom is 0.249 e. The molecular formula is C15H17N7O2. The Labute approximate surface area is 138 Å². The molecule has 2 aromatic heterocycles. The summed E-state index contributed by atoms with van der Waals surface area (Å²) in [6, 6.07) is 9.11. The minimum absolute atomic E-state index is 0.0405. The maximum atomic E-state index is 12.1. The van der Waals surface area contributed by atoms with Crippen LogP contribution in [0.3, 0.4) is 0 Å². The third-order valence-electron chi connectivity index (χ3n) is 3.34. The van der Waals surface area contributed by atoms with Crippen LogP contribution >= 0.6 is 0 Å². The van der Waals surface area contributed by atoms with Crippen LogP contribution in [-0.4, -0.2) is 43.0 Å². The van der Waals surface area contributed by atoms with Gasteiger partial charge in [0.15, 0.2) is 0 Å². The molecule has 2 heterocycles. The van der Waals surface area contributed by atoms with Crippen molar-refractivity contribution in [3.63, 3.8) is 0 Å². The van der Waals surface area contributed by atoms with E-state index >= 15 is 0 Å². The SMILES string of the molecule is COc1cccc(-c2nnn(CC(=O)Nc3cc(C)nn3C)n2)c1. The van der Waals surface area contributed by atoms with Crippen molar-refractivity contribution in [1.82, 2.24) is 30.0 Å². The van der Waals surface area contributed by atoms with E-state index in [1.807, 2.05) is 25.1 Å². The van der Waals surface area contributed by atoms with Crippen molar-refractivity contribution in [2.45, 2.75) is 13.5 Å². The van der Waals surface area contributed by atoms with E-state index in [0.717, 1.165) is 11.3 Å². The van der Waals surface area contributed by atoms with Crippen LogP contribution in [0.2, 0.25) is 0 Å². The van der Waals surface area contributed by atoms with Gasteiger partial charge in [-0.3, -0.25) is 9.48 Å². The fourth-order valence-corrected chi connectivity index (χ4v) is 2.23. The number of tetrazole rings is 1. The van der Waals surface area contributed by atoms with E-state index in [1.165, 1.54) is 4.80 Å². The average Bonchev–Trinajstić information content (AvgIpc) is 3.14. The lowest BCUT2D eigenvalue weighted by Crippen LogP contribution is -2.21. The quantitative estimate of drug-likeness (QED) is 0.751. The minimum atomic E-state index is -0.257. The topological polar surface area (TPSA) is 99.8 Å². The summed E-state index contributed by atoms with van der Waals surface area (Å²) < 4.78 is 6.77. The number of aromatic nitrogens is 6. The normalized spacial score (nSPS) is 10.6. The van der Waals surface area contributed by atoms with Gasteiger partial charge in [-0.15, -0.1) is 10.2 Å². The molecule has 0 aliphatic carbocycles. The number of carbonyl (C=O) groups is 1. The minimum Gasteiger partial charge on any atom is -0.497 e. The van der Waals surface area contributed by atoms with E-state index in [2.05, 4.69) is 25.8 Å². The van der Waals surface area contributed by atoms with Crippen molar-refractivity contribution in [3.05, 3.63) is 36.0 Å². The highest BCUT2D eigenvalue weighted by Gasteiger charge is 2.12. The molecule has 1 aromatic carbocycles. The van der Waals surface area contributed by atoms with Crippen molar-refractivity contribution in [1.29, 1.82) is 0 Å². The van der Waals surface area contributed by atoms with Gasteiger partial charge >= 0.3 is 0 Å². The molecule has 0 bridgehead atoms. The summed E-state index contributed by atoms with van der Waals surface area (Å²) in [5.41, 5.74) is 1.59. The lowest BCUT2D eigenvalue weighted by molar-refractivity contribution is -0.117. The summed E-state index contributed by atoms with van der Waals surface area (Å²) in [4.78, 5) is 13.3. The molecule has 24 heavy (non-hydrogen) atoms. The van der Waals surface area contributed by atoms with Crippen LogP contribution in [0.4, 0.5) is 5.82 Å². The molecule has 0 aliphatic heterocycles. The number of nitrogens with one attached hydrogen (secondary N) is 1. The van der Waals surface area contributed by atoms with Crippen LogP contribution in [0.15, 0.2) is 30.3 Å². The first-order chi connectivity index (χ1) is 11.5. The van der Waals surface area contributed by atoms with Gasteiger partial charge in [-0.1, -0.05) is 12.1 Å². The zero-order chi connectivity index (χ0) is 17.1. The van der Waals surface area contributed by atoms with Gasteiger partial charge in [0.05, 0.1) is 12.8 Å². The van der Waals surface area contributed by atoms with Crippen LogP contribution in [0.25, 0.3) is 11.4 Å². The molecule has 9 heteroatoms. The standard InChI is InChI=1S/C15H17N7O2/c1-10-7-13(21(2)18-10)16-14(23)9-22-19-15(17-20-22)11-5-4-6-12(8-11)24-3/h4-8H,9H2,1-3H3,(H,16,23). The smallest absolute Gasteiger partial charge is 0.249 e. The highest BCUT2D eigenvalue weighted by atomic mass is 16.5. The van der Waals surface area contributed by atoms with E-state index in [0.29, 0.717) is 17.4 Å². The lowest BCUT2D eigenvalue weighted by atomic mass is 10.2. The second-order valence-corrected chi connectivity index (χ2v) is 5.22. The molecular weight excluding hydrogens is 310 g/mol. The highest BCUT2D eigenvalue weighted by Crippen LogP contribution is 2.19. The summed E-state index contributed by atoms with van der Waals surface area (Å²) in [6.07, 6.45) is 0. The Morgan fingerprint density at radius 3 is 2.83 bits per heavy atom. The van der Waals surface area contributed by atoms with Crippen LogP contribution in [-0.2, 0) is 18.4 Å². The molecule has 124 valence electrons. The van der Waals surface area contributed by atoms with Gasteiger partial charge in [0.25, 0.3) is 0 Å². The van der Waals surface area contributed by atoms with Crippen molar-refractivity contribution in [3.8, 4) is 17.1 Å². The maximum absolute atomic E-state index is 12.1. The number of rotatable bonds is 5. The third-order valence-corrected chi connectivity index (χ3v) is 3.34. The van der Waals surface area contributed by atoms with Gasteiger partial charge in [0.2, 0.25) is 11.7 Å². The number of nitrogens with zero attached hydrogens (tertiary/aromatic N) is 6. The van der Waals surface area contributed by atoms with Crippen LogP contribution in [0.5, 0.6) is 5.75 Å². The number of hydrogen-bond acceptors (Lipinski definition) is 6. The van der Waals surface area contributed by atoms with Gasteiger partial charge in [-0.25, -0.2) is 0 Å². The number of aryl methyl sites for hydroxylation is 2. The largest absolute Gasteiger partial charge is 0.497 e. The number of carbonyl (C=O) groups excluding carboxylic acids is 1. The van der Waals surface area contributed by atoms with Crippen LogP contribution in [0, 0.1) is 6.92 Å². The zero-order valence-corrected chi connectivity index (χ0v) is 13.6. The second kappa shape index (κ2) is 6.49. The molecule has 0 spiro atoms. The fourth-order valence-electron chi connectivity index (χ4n) is 2.23. The molecule has 0 saturated carbocycles. The molecule has 1 amide bonds. The van der Waals surface area contributed by atoms with Gasteiger partial charge in [-0.05, 0) is 24.3 Å². The monoisotopic (exact) mass is 327 g/mol. The number of methoxy groups -OCH3 is 1. The van der Waals surface area contributed by atoms with E-state index in [9.17, 15) is 4.79 Å². The number of ether oxygens (including phenoxy) is 1. The third kappa shape index (κ3) is 3.40. The molecule has 0 radical (unpaired) electrons. The number of hydrogen-bond donors (Lipinski definition) is 1. The Balaban J connectivity index is 1.69. The molecule has 9 nitrogen and oxygen atoms in total. The molecule has 1 N–H and O–H groups in total. The van der Waals surface area contributed by atoms with Crippen molar-refractivity contribution >= 4 is 11.7 Å². The molecule has 0 aliphatic rings. The van der Waals surface area contributed by atoms with Gasteiger partial charge < -0.3 is 10.1 Å². The first-order valence-corrected chi connectivity index (χ1v) is 7.28. The molecule has 3 rings (SSSR count). The van der Waals surface area contributed by atoms with Gasteiger partial charge in [-0.2, -0.15) is 9.90 Å². The molecule has 0 saturated heterocycles. The number of anilines is 1. The fraction of sp³-hybridized carbons (Fsp3) is 0.267. The van der Waals surface area contributed by atoms with Crippen LogP contribution in [0.1, 0.15) is 5.69 Å². The first-order valence-electron chi connectivity index (χ1n) is 7.28. The molecule has 0 fully saturated rings. The number of amides is 1.